The highest BCUT2D eigenvalue weighted by Crippen LogP contribution is 2.26. The first-order chi connectivity index (χ1) is 8.15. The minimum atomic E-state index is 0.298. The van der Waals surface area contributed by atoms with Crippen molar-refractivity contribution in [2.24, 2.45) is 0 Å². The Morgan fingerprint density at radius 2 is 2.06 bits per heavy atom. The molecule has 2 aromatic rings. The molecular weight excluding hydrogens is 273 g/mol. The van der Waals surface area contributed by atoms with E-state index in [4.69, 9.17) is 23.2 Å². The summed E-state index contributed by atoms with van der Waals surface area (Å²) in [5, 5.41) is 4.22. The van der Waals surface area contributed by atoms with E-state index in [1.165, 1.54) is 10.4 Å². The number of rotatable bonds is 4. The number of benzene rings is 1. The smallest absolute Gasteiger partial charge is 0.0931 e. The third-order valence-electron chi connectivity index (χ3n) is 2.52. The summed E-state index contributed by atoms with van der Waals surface area (Å²) in [5.41, 5.74) is 1.19. The molecule has 1 nitrogen and oxygen atoms in total. The van der Waals surface area contributed by atoms with Crippen LogP contribution < -0.4 is 5.32 Å². The molecule has 90 valence electrons. The van der Waals surface area contributed by atoms with E-state index in [1.807, 2.05) is 24.3 Å². The van der Waals surface area contributed by atoms with Gasteiger partial charge in [0.2, 0.25) is 0 Å². The molecule has 0 aliphatic carbocycles. The fourth-order valence-electron chi connectivity index (χ4n) is 1.58. The zero-order chi connectivity index (χ0) is 12.3. The van der Waals surface area contributed by atoms with Gasteiger partial charge in [0.25, 0.3) is 0 Å². The van der Waals surface area contributed by atoms with Gasteiger partial charge in [0.1, 0.15) is 0 Å². The summed E-state index contributed by atoms with van der Waals surface area (Å²) in [4.78, 5) is 1.25. The van der Waals surface area contributed by atoms with Crippen molar-refractivity contribution in [2.45, 2.75) is 19.5 Å². The summed E-state index contributed by atoms with van der Waals surface area (Å²) >= 11 is 13.5. The molecule has 0 aliphatic rings. The zero-order valence-corrected chi connectivity index (χ0v) is 11.7. The number of thiophene rings is 1. The Morgan fingerprint density at radius 1 is 1.24 bits per heavy atom. The first kappa shape index (κ1) is 12.9. The molecule has 1 aromatic carbocycles. The third kappa shape index (κ3) is 3.71. The molecule has 0 bridgehead atoms. The molecule has 0 amide bonds. The van der Waals surface area contributed by atoms with Crippen LogP contribution in [-0.4, -0.2) is 0 Å². The van der Waals surface area contributed by atoms with Gasteiger partial charge in [-0.3, -0.25) is 0 Å². The molecule has 0 saturated heterocycles. The van der Waals surface area contributed by atoms with Crippen molar-refractivity contribution in [2.75, 3.05) is 0 Å². The van der Waals surface area contributed by atoms with Gasteiger partial charge in [0.15, 0.2) is 0 Å². The van der Waals surface area contributed by atoms with Crippen LogP contribution in [0.4, 0.5) is 0 Å². The van der Waals surface area contributed by atoms with Crippen molar-refractivity contribution in [1.29, 1.82) is 0 Å². The molecule has 0 spiro atoms. The van der Waals surface area contributed by atoms with Crippen LogP contribution in [0.15, 0.2) is 36.4 Å². The Morgan fingerprint density at radius 3 is 2.71 bits per heavy atom. The van der Waals surface area contributed by atoms with Crippen LogP contribution in [0, 0.1) is 0 Å². The topological polar surface area (TPSA) is 12.0 Å². The molecule has 1 heterocycles. The number of nitrogens with one attached hydrogen (secondary N) is 1. The van der Waals surface area contributed by atoms with Crippen molar-refractivity contribution in [3.63, 3.8) is 0 Å². The largest absolute Gasteiger partial charge is 0.305 e. The van der Waals surface area contributed by atoms with Crippen molar-refractivity contribution in [1.82, 2.24) is 5.32 Å². The zero-order valence-electron chi connectivity index (χ0n) is 9.41. The minimum absolute atomic E-state index is 0.298. The van der Waals surface area contributed by atoms with E-state index in [0.29, 0.717) is 6.04 Å². The lowest BCUT2D eigenvalue weighted by Gasteiger charge is -2.12. The fourth-order valence-corrected chi connectivity index (χ4v) is 2.88. The average molecular weight is 286 g/mol. The van der Waals surface area contributed by atoms with Crippen LogP contribution in [0.3, 0.4) is 0 Å². The summed E-state index contributed by atoms with van der Waals surface area (Å²) in [6, 6.07) is 12.2. The lowest BCUT2D eigenvalue weighted by Crippen LogP contribution is -2.16. The molecule has 1 N–H and O–H groups in total. The Kier molecular flexibility index (Phi) is 4.46. The molecule has 1 atom stereocenters. The Hall–Kier alpha value is -0.540. The number of hydrogen-bond donors (Lipinski definition) is 1. The summed E-state index contributed by atoms with van der Waals surface area (Å²) in [5.74, 6) is 0. The van der Waals surface area contributed by atoms with Gasteiger partial charge >= 0.3 is 0 Å². The second-order valence-electron chi connectivity index (χ2n) is 3.87. The van der Waals surface area contributed by atoms with Gasteiger partial charge < -0.3 is 5.32 Å². The van der Waals surface area contributed by atoms with E-state index in [0.717, 1.165) is 15.9 Å². The van der Waals surface area contributed by atoms with E-state index in [9.17, 15) is 0 Å². The summed E-state index contributed by atoms with van der Waals surface area (Å²) in [6.45, 7) is 2.93. The van der Waals surface area contributed by atoms with Crippen LogP contribution in [0.25, 0.3) is 0 Å². The van der Waals surface area contributed by atoms with Gasteiger partial charge in [-0.05, 0) is 36.8 Å². The monoisotopic (exact) mass is 285 g/mol. The number of hydrogen-bond acceptors (Lipinski definition) is 2. The highest BCUT2D eigenvalue weighted by molar-refractivity contribution is 7.16. The van der Waals surface area contributed by atoms with Gasteiger partial charge in [-0.2, -0.15) is 0 Å². The van der Waals surface area contributed by atoms with Crippen LogP contribution >= 0.6 is 34.5 Å². The Bertz CT molecular complexity index is 496. The van der Waals surface area contributed by atoms with Crippen LogP contribution in [-0.2, 0) is 6.54 Å². The first-order valence-corrected chi connectivity index (χ1v) is 6.95. The molecule has 1 unspecified atom stereocenters. The van der Waals surface area contributed by atoms with Crippen molar-refractivity contribution in [3.8, 4) is 0 Å². The van der Waals surface area contributed by atoms with E-state index < -0.39 is 0 Å². The highest BCUT2D eigenvalue weighted by atomic mass is 35.5. The average Bonchev–Trinajstić information content (AvgIpc) is 2.73. The van der Waals surface area contributed by atoms with Crippen LogP contribution in [0.5, 0.6) is 0 Å². The van der Waals surface area contributed by atoms with E-state index >= 15 is 0 Å². The van der Waals surface area contributed by atoms with Crippen molar-refractivity contribution >= 4 is 34.5 Å². The molecule has 0 saturated carbocycles. The van der Waals surface area contributed by atoms with Gasteiger partial charge in [0.05, 0.1) is 4.34 Å². The van der Waals surface area contributed by atoms with E-state index in [2.05, 4.69) is 24.4 Å². The van der Waals surface area contributed by atoms with Gasteiger partial charge in [0, 0.05) is 22.5 Å². The summed E-state index contributed by atoms with van der Waals surface area (Å²) < 4.78 is 0.830. The van der Waals surface area contributed by atoms with Crippen LogP contribution in [0.1, 0.15) is 23.4 Å². The van der Waals surface area contributed by atoms with Crippen LogP contribution in [0.2, 0.25) is 9.36 Å². The second-order valence-corrected chi connectivity index (χ2v) is 6.06. The molecular formula is C13H13Cl2NS. The van der Waals surface area contributed by atoms with Crippen molar-refractivity contribution in [3.05, 3.63) is 56.2 Å². The Balaban J connectivity index is 1.94. The predicted octanol–water partition coefficient (Wildman–Crippen LogP) is 4.91. The summed E-state index contributed by atoms with van der Waals surface area (Å²) in [6.07, 6.45) is 0. The predicted molar refractivity (Wildman–Crippen MR) is 76.0 cm³/mol. The van der Waals surface area contributed by atoms with Crippen molar-refractivity contribution < 1.29 is 0 Å². The third-order valence-corrected chi connectivity index (χ3v) is 4.17. The second kappa shape index (κ2) is 5.87. The molecule has 0 fully saturated rings. The maximum atomic E-state index is 5.94. The molecule has 0 radical (unpaired) electrons. The molecule has 2 rings (SSSR count). The standard InChI is InChI=1S/C13H13Cl2NS/c1-9(12-5-6-13(15)17-12)16-8-10-3-2-4-11(14)7-10/h2-7,9,16H,8H2,1H3. The molecule has 1 aromatic heterocycles. The normalized spacial score (nSPS) is 12.6. The SMILES string of the molecule is CC(NCc1cccc(Cl)c1)c1ccc(Cl)s1. The van der Waals surface area contributed by atoms with Gasteiger partial charge in [-0.1, -0.05) is 35.3 Å². The lowest BCUT2D eigenvalue weighted by atomic mass is 10.2. The quantitative estimate of drug-likeness (QED) is 0.842. The maximum Gasteiger partial charge on any atom is 0.0931 e. The lowest BCUT2D eigenvalue weighted by molar-refractivity contribution is 0.583. The Labute approximate surface area is 115 Å². The van der Waals surface area contributed by atoms with Gasteiger partial charge in [-0.25, -0.2) is 0 Å². The highest BCUT2D eigenvalue weighted by Gasteiger charge is 2.07. The molecule has 0 aliphatic heterocycles. The van der Waals surface area contributed by atoms with E-state index in [-0.39, 0.29) is 0 Å². The fraction of sp³-hybridized carbons (Fsp3) is 0.231. The maximum absolute atomic E-state index is 5.94. The minimum Gasteiger partial charge on any atom is -0.305 e. The first-order valence-electron chi connectivity index (χ1n) is 5.38. The molecule has 4 heteroatoms. The molecule has 17 heavy (non-hydrogen) atoms. The number of halogens is 2. The summed E-state index contributed by atoms with van der Waals surface area (Å²) in [7, 11) is 0. The van der Waals surface area contributed by atoms with Gasteiger partial charge in [-0.15, -0.1) is 11.3 Å². The van der Waals surface area contributed by atoms with E-state index in [1.54, 1.807) is 11.3 Å².